The van der Waals surface area contributed by atoms with Crippen LogP contribution in [0, 0.1) is 0 Å². The lowest BCUT2D eigenvalue weighted by Crippen LogP contribution is -2.23. The van der Waals surface area contributed by atoms with E-state index in [9.17, 15) is 9.59 Å². The first-order valence-electron chi connectivity index (χ1n) is 9.09. The standard InChI is InChI=1S/C21H18N4O4/c1-28-16-10-14-15(11-17(16)29-2)20(26)18-12-6-3-4-7-13(12)21(27)25(19(14)18)9-5-8-23-24-22/h3-4,6-7,10-11H,5,8-9H2,1-2H3. The monoisotopic (exact) mass is 390 g/mol. The number of aromatic nitrogens is 1. The van der Waals surface area contributed by atoms with Crippen LogP contribution in [0.15, 0.2) is 46.3 Å². The van der Waals surface area contributed by atoms with Crippen molar-refractivity contribution >= 4 is 16.6 Å². The summed E-state index contributed by atoms with van der Waals surface area (Å²) in [5.41, 5.74) is 10.5. The van der Waals surface area contributed by atoms with Crippen molar-refractivity contribution in [3.05, 3.63) is 68.3 Å². The zero-order valence-corrected chi connectivity index (χ0v) is 16.0. The van der Waals surface area contributed by atoms with E-state index in [-0.39, 0.29) is 17.9 Å². The molecule has 1 aromatic heterocycles. The number of carbonyl (C=O) groups is 1. The van der Waals surface area contributed by atoms with Crippen LogP contribution in [0.5, 0.6) is 11.5 Å². The Morgan fingerprint density at radius 2 is 1.69 bits per heavy atom. The zero-order chi connectivity index (χ0) is 20.5. The van der Waals surface area contributed by atoms with E-state index in [1.807, 2.05) is 6.07 Å². The maximum Gasteiger partial charge on any atom is 0.258 e. The molecule has 0 unspecified atom stereocenters. The van der Waals surface area contributed by atoms with Crippen molar-refractivity contribution in [2.24, 2.45) is 5.11 Å². The maximum atomic E-state index is 13.3. The summed E-state index contributed by atoms with van der Waals surface area (Å²) in [6.45, 7) is 0.587. The number of fused-ring (bicyclic) bond motifs is 5. The second-order valence-corrected chi connectivity index (χ2v) is 6.62. The Labute approximate surface area is 165 Å². The van der Waals surface area contributed by atoms with Crippen molar-refractivity contribution in [2.45, 2.75) is 13.0 Å². The highest BCUT2D eigenvalue weighted by Gasteiger charge is 2.34. The Balaban J connectivity index is 2.04. The van der Waals surface area contributed by atoms with E-state index in [0.717, 1.165) is 0 Å². The fourth-order valence-electron chi connectivity index (χ4n) is 3.86. The molecular formula is C21H18N4O4. The van der Waals surface area contributed by atoms with Gasteiger partial charge in [0, 0.05) is 39.9 Å². The first-order valence-corrected chi connectivity index (χ1v) is 9.09. The molecule has 0 bridgehead atoms. The highest BCUT2D eigenvalue weighted by molar-refractivity contribution is 6.27. The molecule has 1 heterocycles. The minimum Gasteiger partial charge on any atom is -0.493 e. The molecule has 0 fully saturated rings. The van der Waals surface area contributed by atoms with E-state index >= 15 is 0 Å². The number of rotatable bonds is 6. The van der Waals surface area contributed by atoms with Crippen molar-refractivity contribution in [3.63, 3.8) is 0 Å². The number of ketones is 1. The number of ether oxygens (including phenoxy) is 2. The molecule has 3 aromatic rings. The third kappa shape index (κ3) is 2.81. The normalized spacial score (nSPS) is 11.7. The van der Waals surface area contributed by atoms with Crippen molar-refractivity contribution in [2.75, 3.05) is 20.8 Å². The SMILES string of the molecule is COc1cc2c(cc1OC)-c1c(c3ccccc3c(=O)n1CCCN=[N+]=[N-])C2=O. The first-order chi connectivity index (χ1) is 14.1. The topological polar surface area (TPSA) is 106 Å². The lowest BCUT2D eigenvalue weighted by atomic mass is 10.0. The maximum absolute atomic E-state index is 13.3. The van der Waals surface area contributed by atoms with Gasteiger partial charge in [-0.15, -0.1) is 0 Å². The van der Waals surface area contributed by atoms with Crippen LogP contribution in [-0.4, -0.2) is 31.1 Å². The van der Waals surface area contributed by atoms with Gasteiger partial charge >= 0.3 is 0 Å². The van der Waals surface area contributed by atoms with E-state index in [1.54, 1.807) is 34.9 Å². The summed E-state index contributed by atoms with van der Waals surface area (Å²) in [4.78, 5) is 29.3. The molecule has 8 heteroatoms. The molecule has 0 aliphatic heterocycles. The third-order valence-electron chi connectivity index (χ3n) is 5.13. The molecule has 0 spiro atoms. The molecule has 0 saturated heterocycles. The molecule has 146 valence electrons. The highest BCUT2D eigenvalue weighted by atomic mass is 16.5. The van der Waals surface area contributed by atoms with E-state index in [4.69, 9.17) is 15.0 Å². The van der Waals surface area contributed by atoms with Crippen molar-refractivity contribution in [3.8, 4) is 22.8 Å². The number of methoxy groups -OCH3 is 2. The minimum absolute atomic E-state index is 0.157. The smallest absolute Gasteiger partial charge is 0.258 e. The molecule has 0 amide bonds. The van der Waals surface area contributed by atoms with Crippen LogP contribution in [0.1, 0.15) is 22.3 Å². The lowest BCUT2D eigenvalue weighted by molar-refractivity contribution is 0.104. The van der Waals surface area contributed by atoms with E-state index < -0.39 is 0 Å². The Morgan fingerprint density at radius 1 is 1.03 bits per heavy atom. The molecule has 1 aliphatic carbocycles. The summed E-state index contributed by atoms with van der Waals surface area (Å²) in [5.74, 6) is 0.776. The van der Waals surface area contributed by atoms with Gasteiger partial charge in [0.15, 0.2) is 17.3 Å². The molecule has 0 radical (unpaired) electrons. The Hall–Kier alpha value is -3.77. The zero-order valence-electron chi connectivity index (χ0n) is 16.0. The van der Waals surface area contributed by atoms with Gasteiger partial charge in [0.25, 0.3) is 5.56 Å². The highest BCUT2D eigenvalue weighted by Crippen LogP contribution is 2.44. The van der Waals surface area contributed by atoms with Crippen LogP contribution in [0.3, 0.4) is 0 Å². The van der Waals surface area contributed by atoms with Gasteiger partial charge in [-0.3, -0.25) is 9.59 Å². The second-order valence-electron chi connectivity index (χ2n) is 6.62. The van der Waals surface area contributed by atoms with Gasteiger partial charge in [-0.1, -0.05) is 23.3 Å². The largest absolute Gasteiger partial charge is 0.493 e. The average Bonchev–Trinajstić information content (AvgIpc) is 3.04. The summed E-state index contributed by atoms with van der Waals surface area (Å²) >= 11 is 0. The molecule has 0 atom stereocenters. The van der Waals surface area contributed by atoms with Gasteiger partial charge in [0.2, 0.25) is 0 Å². The van der Waals surface area contributed by atoms with Gasteiger partial charge in [-0.2, -0.15) is 0 Å². The van der Waals surface area contributed by atoms with Crippen LogP contribution in [-0.2, 0) is 6.54 Å². The van der Waals surface area contributed by atoms with Gasteiger partial charge in [-0.05, 0) is 30.2 Å². The van der Waals surface area contributed by atoms with Crippen LogP contribution in [0.25, 0.3) is 32.5 Å². The van der Waals surface area contributed by atoms with Gasteiger partial charge in [0.05, 0.1) is 25.5 Å². The van der Waals surface area contributed by atoms with Crippen molar-refractivity contribution < 1.29 is 14.3 Å². The van der Waals surface area contributed by atoms with Crippen LogP contribution in [0.4, 0.5) is 0 Å². The lowest BCUT2D eigenvalue weighted by Gasteiger charge is -2.15. The van der Waals surface area contributed by atoms with Crippen LogP contribution in [0.2, 0.25) is 0 Å². The predicted octanol–water partition coefficient (Wildman–Crippen LogP) is 3.93. The Morgan fingerprint density at radius 3 is 2.34 bits per heavy atom. The number of carbonyl (C=O) groups excluding carboxylic acids is 1. The number of benzene rings is 2. The molecule has 0 N–H and O–H groups in total. The summed E-state index contributed by atoms with van der Waals surface area (Å²) in [6, 6.07) is 10.5. The fraction of sp³-hybridized carbons (Fsp3) is 0.238. The molecule has 2 aromatic carbocycles. The van der Waals surface area contributed by atoms with E-state index in [1.165, 1.54) is 14.2 Å². The number of nitrogens with zero attached hydrogens (tertiary/aromatic N) is 4. The molecule has 1 aliphatic rings. The summed E-state index contributed by atoms with van der Waals surface area (Å²) in [7, 11) is 3.03. The van der Waals surface area contributed by atoms with E-state index in [0.29, 0.717) is 57.6 Å². The summed E-state index contributed by atoms with van der Waals surface area (Å²) in [5, 5.41) is 4.65. The predicted molar refractivity (Wildman–Crippen MR) is 109 cm³/mol. The second kappa shape index (κ2) is 7.33. The summed E-state index contributed by atoms with van der Waals surface area (Å²) < 4.78 is 12.4. The van der Waals surface area contributed by atoms with Crippen molar-refractivity contribution in [1.29, 1.82) is 0 Å². The Kier molecular flexibility index (Phi) is 4.70. The van der Waals surface area contributed by atoms with Crippen LogP contribution >= 0.6 is 0 Å². The molecule has 8 nitrogen and oxygen atoms in total. The van der Waals surface area contributed by atoms with Gasteiger partial charge < -0.3 is 14.0 Å². The number of azide groups is 1. The minimum atomic E-state index is -0.185. The number of hydrogen-bond acceptors (Lipinski definition) is 5. The van der Waals surface area contributed by atoms with Crippen LogP contribution < -0.4 is 15.0 Å². The number of hydrogen-bond donors (Lipinski definition) is 0. The third-order valence-corrected chi connectivity index (χ3v) is 5.13. The average molecular weight is 390 g/mol. The molecule has 4 rings (SSSR count). The summed E-state index contributed by atoms with van der Waals surface area (Å²) in [6.07, 6.45) is 0.478. The first kappa shape index (κ1) is 18.6. The van der Waals surface area contributed by atoms with Crippen molar-refractivity contribution in [1.82, 2.24) is 4.57 Å². The van der Waals surface area contributed by atoms with Gasteiger partial charge in [0.1, 0.15) is 0 Å². The molecule has 29 heavy (non-hydrogen) atoms. The fourth-order valence-corrected chi connectivity index (χ4v) is 3.86. The molecular weight excluding hydrogens is 372 g/mol. The Bertz CT molecular complexity index is 1260. The molecule has 0 saturated carbocycles. The quantitative estimate of drug-likeness (QED) is 0.215. The van der Waals surface area contributed by atoms with Gasteiger partial charge in [-0.25, -0.2) is 0 Å². The number of pyridine rings is 1. The van der Waals surface area contributed by atoms with E-state index in [2.05, 4.69) is 10.0 Å².